The van der Waals surface area contributed by atoms with Crippen LogP contribution in [0.15, 0.2) is 30.3 Å². The highest BCUT2D eigenvalue weighted by Crippen LogP contribution is 2.43. The van der Waals surface area contributed by atoms with Gasteiger partial charge in [0, 0.05) is 17.4 Å². The number of piperidine rings is 1. The van der Waals surface area contributed by atoms with Gasteiger partial charge in [0.25, 0.3) is 0 Å². The van der Waals surface area contributed by atoms with Gasteiger partial charge in [0.2, 0.25) is 11.6 Å². The van der Waals surface area contributed by atoms with Crippen LogP contribution in [0, 0.1) is 10.1 Å². The number of alkyl halides is 3. The number of nitrogens with one attached hydrogen (secondary N) is 3. The molecule has 4 heterocycles. The Hall–Kier alpha value is -1.83. The molecule has 0 amide bonds. The van der Waals surface area contributed by atoms with Gasteiger partial charge in [-0.1, -0.05) is 49.6 Å². The molecule has 37 heavy (non-hydrogen) atoms. The molecule has 6 unspecified atom stereocenters. The summed E-state index contributed by atoms with van der Waals surface area (Å²) in [6.45, 7) is 0.688. The fourth-order valence-electron chi connectivity index (χ4n) is 6.45. The average molecular weight is 528 g/mol. The van der Waals surface area contributed by atoms with E-state index in [4.69, 9.17) is 9.47 Å². The van der Waals surface area contributed by atoms with Gasteiger partial charge in [-0.05, 0) is 44.2 Å². The first-order valence-electron chi connectivity index (χ1n) is 13.3. The predicted octanol–water partition coefficient (Wildman–Crippen LogP) is 3.43. The minimum Gasteiger partial charge on any atom is -0.357 e. The first-order valence-corrected chi connectivity index (χ1v) is 13.3. The molecule has 12 heteroatoms. The number of nitro groups is 1. The van der Waals surface area contributed by atoms with Crippen molar-refractivity contribution in [2.45, 2.75) is 113 Å². The lowest BCUT2D eigenvalue weighted by Crippen LogP contribution is -2.65. The summed E-state index contributed by atoms with van der Waals surface area (Å²) in [7, 11) is 0. The third-order valence-corrected chi connectivity index (χ3v) is 8.42. The highest BCUT2D eigenvalue weighted by molar-refractivity contribution is 5.14. The maximum Gasteiger partial charge on any atom is 0.421 e. The number of hydrogen-bond donors (Lipinski definition) is 3. The van der Waals surface area contributed by atoms with Gasteiger partial charge in [-0.25, -0.2) is 10.9 Å². The van der Waals surface area contributed by atoms with Gasteiger partial charge in [0.15, 0.2) is 6.23 Å². The summed E-state index contributed by atoms with van der Waals surface area (Å²) in [6, 6.07) is 7.30. The van der Waals surface area contributed by atoms with Crippen molar-refractivity contribution in [2.75, 3.05) is 6.54 Å². The van der Waals surface area contributed by atoms with Crippen LogP contribution >= 0.6 is 0 Å². The highest BCUT2D eigenvalue weighted by Gasteiger charge is 2.64. The van der Waals surface area contributed by atoms with Gasteiger partial charge in [-0.3, -0.25) is 20.3 Å². The average Bonchev–Trinajstić information content (AvgIpc) is 3.55. The summed E-state index contributed by atoms with van der Waals surface area (Å²) < 4.78 is 56.3. The summed E-state index contributed by atoms with van der Waals surface area (Å²) in [5.74, 6) is 0. The zero-order chi connectivity index (χ0) is 26.0. The minimum absolute atomic E-state index is 0.0669. The van der Waals surface area contributed by atoms with Crippen molar-refractivity contribution >= 4 is 0 Å². The SMILES string of the molecule is O=[N+]([O-])C1CCC2NC1C1NNC(O1)C(OCc1ccccc1)(C(F)(F)F)CCCCC[C@H]1CCCN21. The van der Waals surface area contributed by atoms with Crippen molar-refractivity contribution in [3.63, 3.8) is 0 Å². The van der Waals surface area contributed by atoms with Gasteiger partial charge in [-0.15, -0.1) is 0 Å². The number of fused-ring (bicyclic) bond motifs is 7. The van der Waals surface area contributed by atoms with Crippen LogP contribution < -0.4 is 16.2 Å². The number of nitrogens with zero attached hydrogens (tertiary/aromatic N) is 2. The number of halogens is 3. The molecule has 0 radical (unpaired) electrons. The molecule has 206 valence electrons. The second kappa shape index (κ2) is 11.1. The summed E-state index contributed by atoms with van der Waals surface area (Å²) in [5, 5.41) is 15.3. The molecule has 4 fully saturated rings. The van der Waals surface area contributed by atoms with Gasteiger partial charge >= 0.3 is 6.18 Å². The Morgan fingerprint density at radius 1 is 1.08 bits per heavy atom. The molecule has 1 aromatic carbocycles. The largest absolute Gasteiger partial charge is 0.421 e. The Morgan fingerprint density at radius 3 is 2.62 bits per heavy atom. The molecular weight excluding hydrogens is 491 g/mol. The van der Waals surface area contributed by atoms with Crippen LogP contribution in [0.25, 0.3) is 0 Å². The van der Waals surface area contributed by atoms with E-state index in [1.165, 1.54) is 0 Å². The van der Waals surface area contributed by atoms with E-state index in [0.29, 0.717) is 37.3 Å². The van der Waals surface area contributed by atoms with Crippen LogP contribution in [0.2, 0.25) is 0 Å². The van der Waals surface area contributed by atoms with Gasteiger partial charge < -0.3 is 9.47 Å². The third-order valence-electron chi connectivity index (χ3n) is 8.42. The maximum atomic E-state index is 14.9. The van der Waals surface area contributed by atoms with E-state index in [0.717, 1.165) is 32.2 Å². The third kappa shape index (κ3) is 5.50. The molecule has 4 saturated heterocycles. The second-order valence-electron chi connectivity index (χ2n) is 10.7. The molecule has 4 aliphatic heterocycles. The van der Waals surface area contributed by atoms with E-state index >= 15 is 0 Å². The summed E-state index contributed by atoms with van der Waals surface area (Å²) in [6.07, 6.45) is -1.89. The lowest BCUT2D eigenvalue weighted by molar-refractivity contribution is -0.533. The Bertz CT molecular complexity index is 925. The van der Waals surface area contributed by atoms with Crippen LogP contribution in [-0.4, -0.2) is 64.9 Å². The normalized spacial score (nSPS) is 37.6. The lowest BCUT2D eigenvalue weighted by atomic mass is 9.91. The lowest BCUT2D eigenvalue weighted by Gasteiger charge is -2.43. The standard InChI is InChI=1S/C25H36F3N5O4/c26-25(27,28)24(36-16-17-8-3-1-4-9-17)14-6-2-5-10-18-11-7-15-32(18)20-13-12-19(33(34)35)21(29-20)22-30-31-23(24)37-22/h1,3-4,8-9,18-23,29-31H,2,5-7,10-16H2/t18-,19?,20?,21?,22?,23?,24?/m0/s1. The van der Waals surface area contributed by atoms with Gasteiger partial charge in [0.1, 0.15) is 12.3 Å². The van der Waals surface area contributed by atoms with Crippen LogP contribution in [0.1, 0.15) is 63.4 Å². The van der Waals surface area contributed by atoms with Crippen molar-refractivity contribution in [1.29, 1.82) is 0 Å². The zero-order valence-electron chi connectivity index (χ0n) is 20.8. The van der Waals surface area contributed by atoms with Gasteiger partial charge in [-0.2, -0.15) is 13.2 Å². The van der Waals surface area contributed by atoms with Crippen molar-refractivity contribution in [2.24, 2.45) is 0 Å². The topological polar surface area (TPSA) is 101 Å². The van der Waals surface area contributed by atoms with Crippen molar-refractivity contribution in [3.8, 4) is 0 Å². The molecule has 7 atom stereocenters. The summed E-state index contributed by atoms with van der Waals surface area (Å²) >= 11 is 0. The molecule has 1 aromatic rings. The molecule has 4 aliphatic rings. The van der Waals surface area contributed by atoms with E-state index in [9.17, 15) is 23.3 Å². The van der Waals surface area contributed by atoms with Gasteiger partial charge in [0.05, 0.1) is 12.8 Å². The molecule has 4 bridgehead atoms. The molecular formula is C25H36F3N5O4. The molecule has 5 rings (SSSR count). The Balaban J connectivity index is 1.44. The maximum absolute atomic E-state index is 14.9. The summed E-state index contributed by atoms with van der Waals surface area (Å²) in [5.41, 5.74) is 3.49. The quantitative estimate of drug-likeness (QED) is 0.405. The zero-order valence-corrected chi connectivity index (χ0v) is 20.8. The highest BCUT2D eigenvalue weighted by atomic mass is 19.4. The number of rotatable bonds is 4. The minimum atomic E-state index is -4.74. The fraction of sp³-hybridized carbons (Fsp3) is 0.760. The fourth-order valence-corrected chi connectivity index (χ4v) is 6.45. The first kappa shape index (κ1) is 26.8. The van der Waals surface area contributed by atoms with E-state index in [1.807, 2.05) is 0 Å². The number of hydrazine groups is 1. The van der Waals surface area contributed by atoms with Crippen LogP contribution in [0.5, 0.6) is 0 Å². The van der Waals surface area contributed by atoms with Crippen molar-refractivity contribution in [1.82, 2.24) is 21.1 Å². The van der Waals surface area contributed by atoms with Crippen molar-refractivity contribution in [3.05, 3.63) is 46.0 Å². The Labute approximate surface area is 214 Å². The number of benzene rings is 1. The molecule has 9 nitrogen and oxygen atoms in total. The van der Waals surface area contributed by atoms with E-state index < -0.39 is 36.3 Å². The van der Waals surface area contributed by atoms with E-state index in [-0.39, 0.29) is 24.1 Å². The first-order chi connectivity index (χ1) is 17.8. The van der Waals surface area contributed by atoms with Crippen LogP contribution in [0.4, 0.5) is 13.2 Å². The molecule has 0 aliphatic carbocycles. The van der Waals surface area contributed by atoms with Crippen LogP contribution in [0.3, 0.4) is 0 Å². The Morgan fingerprint density at radius 2 is 1.86 bits per heavy atom. The molecule has 3 N–H and O–H groups in total. The molecule has 0 spiro atoms. The van der Waals surface area contributed by atoms with E-state index in [2.05, 4.69) is 21.1 Å². The summed E-state index contributed by atoms with van der Waals surface area (Å²) in [4.78, 5) is 14.0. The molecule has 0 aromatic heterocycles. The van der Waals surface area contributed by atoms with Crippen LogP contribution in [-0.2, 0) is 16.1 Å². The predicted molar refractivity (Wildman–Crippen MR) is 128 cm³/mol. The molecule has 0 saturated carbocycles. The van der Waals surface area contributed by atoms with Crippen molar-refractivity contribution < 1.29 is 27.6 Å². The number of hydrogen-bond acceptors (Lipinski definition) is 8. The monoisotopic (exact) mass is 527 g/mol. The number of ether oxygens (including phenoxy) is 2. The van der Waals surface area contributed by atoms with E-state index in [1.54, 1.807) is 30.3 Å². The smallest absolute Gasteiger partial charge is 0.357 e. The second-order valence-corrected chi connectivity index (χ2v) is 10.7. The Kier molecular flexibility index (Phi) is 8.04.